The summed E-state index contributed by atoms with van der Waals surface area (Å²) in [5, 5.41) is 29.0. The Morgan fingerprint density at radius 2 is 1.74 bits per heavy atom. The van der Waals surface area contributed by atoms with Gasteiger partial charge in [-0.05, 0) is 0 Å². The van der Waals surface area contributed by atoms with Crippen LogP contribution in [-0.2, 0) is 17.2 Å². The van der Waals surface area contributed by atoms with Crippen molar-refractivity contribution in [3.63, 3.8) is 0 Å². The van der Waals surface area contributed by atoms with E-state index in [1.54, 1.807) is 6.07 Å². The Morgan fingerprint density at radius 1 is 1.07 bits per heavy atom. The van der Waals surface area contributed by atoms with Crippen molar-refractivity contribution in [2.24, 2.45) is 0 Å². The molecule has 2 heterocycles. The van der Waals surface area contributed by atoms with E-state index in [1.807, 2.05) is 0 Å². The van der Waals surface area contributed by atoms with Crippen LogP contribution in [0.3, 0.4) is 0 Å². The highest BCUT2D eigenvalue weighted by Crippen LogP contribution is 2.30. The lowest BCUT2D eigenvalue weighted by Crippen LogP contribution is -2.45. The zero-order valence-electron chi connectivity index (χ0n) is 14.0. The maximum Gasteiger partial charge on any atom is 0.333 e. The fraction of sp³-hybridized carbons (Fsp3) is 0.412. The number of aliphatic hydroxyl groups excluding tert-OH is 3. The molecule has 10 heteroatoms. The first-order chi connectivity index (χ1) is 12.8. The van der Waals surface area contributed by atoms with Crippen LogP contribution in [0.2, 0.25) is 0 Å². The number of alkyl halides is 2. The predicted molar refractivity (Wildman–Crippen MR) is 88.3 cm³/mol. The number of rotatable bonds is 5. The third-order valence-corrected chi connectivity index (χ3v) is 4.44. The van der Waals surface area contributed by atoms with E-state index in [4.69, 9.17) is 9.84 Å². The van der Waals surface area contributed by atoms with Gasteiger partial charge in [0.1, 0.15) is 18.3 Å². The molecular weight excluding hydrogens is 366 g/mol. The minimum absolute atomic E-state index is 0.335. The molecule has 4 atom stereocenters. The summed E-state index contributed by atoms with van der Waals surface area (Å²) in [5.74, 6) is -3.49. The highest BCUT2D eigenvalue weighted by molar-refractivity contribution is 5.19. The molecule has 0 radical (unpaired) electrons. The van der Waals surface area contributed by atoms with E-state index >= 15 is 0 Å². The summed E-state index contributed by atoms with van der Waals surface area (Å²) in [5.41, 5.74) is -2.44. The molecule has 0 aliphatic carbocycles. The van der Waals surface area contributed by atoms with Crippen LogP contribution in [0.1, 0.15) is 11.8 Å². The predicted octanol–water partition coefficient (Wildman–Crippen LogP) is -0.587. The summed E-state index contributed by atoms with van der Waals surface area (Å²) in [6.07, 6.45) is -4.65. The van der Waals surface area contributed by atoms with Gasteiger partial charge in [0, 0.05) is 17.8 Å². The first-order valence-corrected chi connectivity index (χ1v) is 8.14. The van der Waals surface area contributed by atoms with Gasteiger partial charge in [-0.15, -0.1) is 0 Å². The van der Waals surface area contributed by atoms with Crippen LogP contribution < -0.4 is 11.2 Å². The first-order valence-electron chi connectivity index (χ1n) is 8.14. The Hall–Kier alpha value is -2.40. The summed E-state index contributed by atoms with van der Waals surface area (Å²) >= 11 is 0. The average molecular weight is 384 g/mol. The normalized spacial score (nSPS) is 25.7. The van der Waals surface area contributed by atoms with Crippen molar-refractivity contribution in [3.8, 4) is 0 Å². The topological polar surface area (TPSA) is 114 Å². The van der Waals surface area contributed by atoms with E-state index in [0.717, 1.165) is 16.8 Å². The number of ether oxygens (including phenoxy) is 1. The van der Waals surface area contributed by atoms with Gasteiger partial charge in [-0.25, -0.2) is 4.79 Å². The Labute approximate surface area is 151 Å². The van der Waals surface area contributed by atoms with E-state index in [0.29, 0.717) is 4.57 Å². The first kappa shape index (κ1) is 19.4. The van der Waals surface area contributed by atoms with Crippen molar-refractivity contribution in [2.45, 2.75) is 37.0 Å². The van der Waals surface area contributed by atoms with Crippen molar-refractivity contribution in [1.29, 1.82) is 0 Å². The number of nitrogens with zero attached hydrogens (tertiary/aromatic N) is 2. The van der Waals surface area contributed by atoms with Gasteiger partial charge in [0.05, 0.1) is 13.2 Å². The van der Waals surface area contributed by atoms with Gasteiger partial charge >= 0.3 is 5.69 Å². The summed E-state index contributed by atoms with van der Waals surface area (Å²) in [6, 6.07) is 7.63. The molecule has 27 heavy (non-hydrogen) atoms. The molecule has 0 saturated carbocycles. The molecule has 8 nitrogen and oxygen atoms in total. The van der Waals surface area contributed by atoms with Crippen LogP contribution >= 0.6 is 0 Å². The number of halogens is 2. The molecule has 1 aliphatic rings. The van der Waals surface area contributed by atoms with Crippen molar-refractivity contribution in [2.75, 3.05) is 6.61 Å². The summed E-state index contributed by atoms with van der Waals surface area (Å²) in [6.45, 7) is -1.82. The Morgan fingerprint density at radius 3 is 2.33 bits per heavy atom. The second kappa shape index (κ2) is 7.31. The molecule has 0 bridgehead atoms. The van der Waals surface area contributed by atoms with Gasteiger partial charge in [-0.2, -0.15) is 8.78 Å². The molecule has 0 amide bonds. The largest absolute Gasteiger partial charge is 0.394 e. The molecular formula is C17H18F2N2O6. The fourth-order valence-electron chi connectivity index (χ4n) is 2.95. The van der Waals surface area contributed by atoms with Crippen LogP contribution in [0.4, 0.5) is 8.78 Å². The number of hydrogen-bond donors (Lipinski definition) is 3. The van der Waals surface area contributed by atoms with E-state index < -0.39 is 54.9 Å². The lowest BCUT2D eigenvalue weighted by atomic mass is 10.1. The second-order valence-electron chi connectivity index (χ2n) is 6.23. The number of aliphatic hydroxyl groups is 3. The zero-order valence-corrected chi connectivity index (χ0v) is 14.0. The Balaban J connectivity index is 1.98. The van der Waals surface area contributed by atoms with Crippen molar-refractivity contribution >= 4 is 0 Å². The lowest BCUT2D eigenvalue weighted by molar-refractivity contribution is -0.0577. The summed E-state index contributed by atoms with van der Waals surface area (Å²) in [7, 11) is 0. The third kappa shape index (κ3) is 3.56. The molecule has 2 aromatic rings. The standard InChI is InChI=1S/C17H18F2N2O6/c18-17(19,10-4-2-1-3-5-10)9-21-12(23)6-7-20(16(21)26)15-14(25)13(24)11(8-22)27-15/h1-7,11,13-15,22,24-25H,8-9H2/t11?,13?,14-,15?/m0/s1. The van der Waals surface area contributed by atoms with Crippen LogP contribution in [0.25, 0.3) is 0 Å². The maximum absolute atomic E-state index is 14.5. The molecule has 1 fully saturated rings. The van der Waals surface area contributed by atoms with Crippen molar-refractivity contribution < 1.29 is 28.8 Å². The van der Waals surface area contributed by atoms with Crippen LogP contribution in [0, 0.1) is 0 Å². The molecule has 3 N–H and O–H groups in total. The minimum atomic E-state index is -3.49. The quantitative estimate of drug-likeness (QED) is 0.635. The smallest absolute Gasteiger partial charge is 0.333 e. The van der Waals surface area contributed by atoms with Crippen LogP contribution in [0.15, 0.2) is 52.2 Å². The molecule has 146 valence electrons. The SMILES string of the molecule is O=c1ccn(C2OC(CO)C(O)[C@@H]2O)c(=O)n1CC(F)(F)c1ccccc1. The fourth-order valence-corrected chi connectivity index (χ4v) is 2.95. The molecule has 3 unspecified atom stereocenters. The van der Waals surface area contributed by atoms with Gasteiger partial charge < -0.3 is 20.1 Å². The van der Waals surface area contributed by atoms with Gasteiger partial charge in [-0.3, -0.25) is 13.9 Å². The van der Waals surface area contributed by atoms with Crippen molar-refractivity contribution in [1.82, 2.24) is 9.13 Å². The molecule has 1 saturated heterocycles. The van der Waals surface area contributed by atoms with E-state index in [9.17, 15) is 28.6 Å². The van der Waals surface area contributed by atoms with Gasteiger partial charge in [-0.1, -0.05) is 30.3 Å². The van der Waals surface area contributed by atoms with E-state index in [2.05, 4.69) is 0 Å². The molecule has 3 rings (SSSR count). The highest BCUT2D eigenvalue weighted by Gasteiger charge is 2.44. The number of aromatic nitrogens is 2. The van der Waals surface area contributed by atoms with E-state index in [-0.39, 0.29) is 5.56 Å². The molecule has 1 aliphatic heterocycles. The van der Waals surface area contributed by atoms with Gasteiger partial charge in [0.2, 0.25) is 0 Å². The Kier molecular flexibility index (Phi) is 5.24. The molecule has 1 aromatic carbocycles. The Bertz CT molecular complexity index is 914. The highest BCUT2D eigenvalue weighted by atomic mass is 19.3. The zero-order chi connectivity index (χ0) is 19.8. The maximum atomic E-state index is 14.5. The minimum Gasteiger partial charge on any atom is -0.394 e. The lowest BCUT2D eigenvalue weighted by Gasteiger charge is -2.21. The second-order valence-corrected chi connectivity index (χ2v) is 6.23. The molecule has 0 spiro atoms. The van der Waals surface area contributed by atoms with Gasteiger partial charge in [0.25, 0.3) is 11.5 Å². The van der Waals surface area contributed by atoms with Crippen LogP contribution in [-0.4, -0.2) is 49.4 Å². The third-order valence-electron chi connectivity index (χ3n) is 4.44. The van der Waals surface area contributed by atoms with E-state index in [1.165, 1.54) is 24.3 Å². The summed E-state index contributed by atoms with van der Waals surface area (Å²) in [4.78, 5) is 24.6. The number of benzene rings is 1. The summed E-state index contributed by atoms with van der Waals surface area (Å²) < 4.78 is 35.3. The molecule has 1 aromatic heterocycles. The monoisotopic (exact) mass is 384 g/mol. The van der Waals surface area contributed by atoms with Gasteiger partial charge in [0.15, 0.2) is 6.23 Å². The van der Waals surface area contributed by atoms with Crippen molar-refractivity contribution in [3.05, 3.63) is 69.0 Å². The number of hydrogen-bond acceptors (Lipinski definition) is 6. The van der Waals surface area contributed by atoms with Crippen LogP contribution in [0.5, 0.6) is 0 Å². The average Bonchev–Trinajstić information content (AvgIpc) is 2.94.